The fourth-order valence-electron chi connectivity index (χ4n) is 2.57. The van der Waals surface area contributed by atoms with Crippen LogP contribution in [0.15, 0.2) is 23.1 Å². The lowest BCUT2D eigenvalue weighted by Gasteiger charge is -2.33. The molecule has 4 nitrogen and oxygen atoms in total. The molecule has 1 aromatic heterocycles. The van der Waals surface area contributed by atoms with Crippen LogP contribution in [0.3, 0.4) is 0 Å². The lowest BCUT2D eigenvalue weighted by Crippen LogP contribution is -2.40. The fraction of sp³-hybridized carbons (Fsp3) is 0.615. The van der Waals surface area contributed by atoms with Crippen LogP contribution in [0.25, 0.3) is 0 Å². The van der Waals surface area contributed by atoms with Gasteiger partial charge >= 0.3 is 0 Å². The molecule has 0 aliphatic carbocycles. The van der Waals surface area contributed by atoms with Gasteiger partial charge in [-0.2, -0.15) is 0 Å². The quantitative estimate of drug-likeness (QED) is 0.883. The van der Waals surface area contributed by atoms with E-state index in [0.29, 0.717) is 12.2 Å². The summed E-state index contributed by atoms with van der Waals surface area (Å²) in [5, 5.41) is 2.90. The molecule has 0 radical (unpaired) electrons. The largest absolute Gasteiger partial charge is 0.384 e. The number of hydrogen-bond donors (Lipinski definition) is 1. The second kappa shape index (κ2) is 6.00. The number of nitrogens with one attached hydrogen (secondary N) is 1. The Bertz CT molecular complexity index is 444. The molecule has 100 valence electrons. The smallest absolute Gasteiger partial charge is 0.274 e. The number of nitrogens with zero attached hydrogens (tertiary/aromatic N) is 2. The second-order valence-corrected chi connectivity index (χ2v) is 4.67. The molecule has 0 bridgehead atoms. The Morgan fingerprint density at radius 3 is 3.11 bits per heavy atom. The van der Waals surface area contributed by atoms with Gasteiger partial charge < -0.3 is 9.88 Å². The maximum absolute atomic E-state index is 12.4. The molecule has 18 heavy (non-hydrogen) atoms. The van der Waals surface area contributed by atoms with Crippen LogP contribution < -0.4 is 10.9 Å². The molecule has 1 aromatic rings. The molecule has 1 aliphatic heterocycles. The van der Waals surface area contributed by atoms with Crippen LogP contribution in [0.2, 0.25) is 0 Å². The molecule has 0 amide bonds. The van der Waals surface area contributed by atoms with Crippen LogP contribution >= 0.6 is 0 Å². The highest BCUT2D eigenvalue weighted by atomic mass is 19.1. The number of hydrogen-bond acceptors (Lipinski definition) is 3. The van der Waals surface area contributed by atoms with E-state index < -0.39 is 0 Å². The van der Waals surface area contributed by atoms with E-state index >= 15 is 0 Å². The molecule has 1 saturated heterocycles. The Morgan fingerprint density at radius 1 is 1.56 bits per heavy atom. The topological polar surface area (TPSA) is 37.3 Å². The average molecular weight is 253 g/mol. The molecule has 1 atom stereocenters. The minimum absolute atomic E-state index is 0.00657. The number of alkyl halides is 1. The Hall–Kier alpha value is -1.36. The number of piperidine rings is 1. The van der Waals surface area contributed by atoms with E-state index in [4.69, 9.17) is 0 Å². The van der Waals surface area contributed by atoms with Crippen molar-refractivity contribution >= 4 is 5.69 Å². The van der Waals surface area contributed by atoms with E-state index in [1.165, 1.54) is 0 Å². The van der Waals surface area contributed by atoms with Gasteiger partial charge in [0.2, 0.25) is 0 Å². The van der Waals surface area contributed by atoms with Gasteiger partial charge in [-0.15, -0.1) is 0 Å². The van der Waals surface area contributed by atoms with E-state index in [-0.39, 0.29) is 18.3 Å². The molecule has 0 unspecified atom stereocenters. The van der Waals surface area contributed by atoms with E-state index in [1.54, 1.807) is 17.7 Å². The summed E-state index contributed by atoms with van der Waals surface area (Å²) < 4.78 is 14.2. The number of pyridine rings is 1. The number of aromatic nitrogens is 1. The van der Waals surface area contributed by atoms with Crippen molar-refractivity contribution in [2.75, 3.05) is 38.7 Å². The number of halogens is 1. The summed E-state index contributed by atoms with van der Waals surface area (Å²) in [5.41, 5.74) is 0.618. The summed E-state index contributed by atoms with van der Waals surface area (Å²) >= 11 is 0. The van der Waals surface area contributed by atoms with Crippen molar-refractivity contribution in [3.63, 3.8) is 0 Å². The predicted octanol–water partition coefficient (Wildman–Crippen LogP) is 1.50. The van der Waals surface area contributed by atoms with Gasteiger partial charge in [0.05, 0.1) is 0 Å². The standard InChI is InChI=1S/C13H20FN3O/c1-15-12-5-3-8-17(13(12)18)11-4-2-7-16(10-11)9-6-14/h3,5,8,11,15H,2,4,6-7,9-10H2,1H3/t11-/m0/s1. The van der Waals surface area contributed by atoms with Gasteiger partial charge in [0.25, 0.3) is 5.56 Å². The predicted molar refractivity (Wildman–Crippen MR) is 70.9 cm³/mol. The first kappa shape index (κ1) is 13.1. The lowest BCUT2D eigenvalue weighted by atomic mass is 10.1. The highest BCUT2D eigenvalue weighted by Gasteiger charge is 2.21. The summed E-state index contributed by atoms with van der Waals surface area (Å²) in [6.07, 6.45) is 3.82. The van der Waals surface area contributed by atoms with Gasteiger partial charge in [0.15, 0.2) is 0 Å². The zero-order valence-corrected chi connectivity index (χ0v) is 10.7. The van der Waals surface area contributed by atoms with Crippen molar-refractivity contribution < 1.29 is 4.39 Å². The van der Waals surface area contributed by atoms with Crippen LogP contribution in [0.5, 0.6) is 0 Å². The third kappa shape index (κ3) is 2.72. The van der Waals surface area contributed by atoms with E-state index in [9.17, 15) is 9.18 Å². The van der Waals surface area contributed by atoms with Crippen molar-refractivity contribution in [3.05, 3.63) is 28.7 Å². The minimum atomic E-state index is -0.321. The molecule has 0 spiro atoms. The highest BCUT2D eigenvalue weighted by molar-refractivity contribution is 5.39. The molecule has 0 saturated carbocycles. The molecular formula is C13H20FN3O. The van der Waals surface area contributed by atoms with Crippen molar-refractivity contribution in [2.24, 2.45) is 0 Å². The molecular weight excluding hydrogens is 233 g/mol. The van der Waals surface area contributed by atoms with E-state index in [2.05, 4.69) is 10.2 Å². The van der Waals surface area contributed by atoms with Gasteiger partial charge in [-0.25, -0.2) is 4.39 Å². The number of rotatable bonds is 4. The van der Waals surface area contributed by atoms with Crippen LogP contribution in [-0.4, -0.2) is 42.8 Å². The molecule has 0 aromatic carbocycles. The maximum atomic E-state index is 12.4. The Labute approximate surface area is 106 Å². The van der Waals surface area contributed by atoms with Gasteiger partial charge in [-0.3, -0.25) is 9.69 Å². The third-order valence-corrected chi connectivity index (χ3v) is 3.52. The second-order valence-electron chi connectivity index (χ2n) is 4.67. The van der Waals surface area contributed by atoms with Crippen molar-refractivity contribution in [2.45, 2.75) is 18.9 Å². The first-order valence-electron chi connectivity index (χ1n) is 6.43. The zero-order valence-electron chi connectivity index (χ0n) is 10.7. The Morgan fingerprint density at radius 2 is 2.39 bits per heavy atom. The molecule has 1 aliphatic rings. The van der Waals surface area contributed by atoms with Crippen LogP contribution in [0.1, 0.15) is 18.9 Å². The number of anilines is 1. The molecule has 5 heteroatoms. The van der Waals surface area contributed by atoms with Gasteiger partial charge in [-0.05, 0) is 31.5 Å². The van der Waals surface area contributed by atoms with Crippen LogP contribution in [-0.2, 0) is 0 Å². The normalized spacial score (nSPS) is 20.9. The maximum Gasteiger partial charge on any atom is 0.274 e. The summed E-state index contributed by atoms with van der Waals surface area (Å²) in [7, 11) is 1.75. The minimum Gasteiger partial charge on any atom is -0.384 e. The molecule has 2 heterocycles. The average Bonchev–Trinajstić information content (AvgIpc) is 2.40. The Balaban J connectivity index is 2.18. The highest BCUT2D eigenvalue weighted by Crippen LogP contribution is 2.20. The zero-order chi connectivity index (χ0) is 13.0. The summed E-state index contributed by atoms with van der Waals surface area (Å²) in [6.45, 7) is 1.84. The number of likely N-dealkylation sites (tertiary alicyclic amines) is 1. The third-order valence-electron chi connectivity index (χ3n) is 3.52. The van der Waals surface area contributed by atoms with Gasteiger partial charge in [-0.1, -0.05) is 0 Å². The van der Waals surface area contributed by atoms with E-state index in [0.717, 1.165) is 25.9 Å². The molecule has 1 fully saturated rings. The van der Waals surface area contributed by atoms with Crippen molar-refractivity contribution in [1.82, 2.24) is 9.47 Å². The SMILES string of the molecule is CNc1cccn([C@H]2CCCN(CCF)C2)c1=O. The van der Waals surface area contributed by atoms with Crippen LogP contribution in [0.4, 0.5) is 10.1 Å². The summed E-state index contributed by atoms with van der Waals surface area (Å²) in [6, 6.07) is 3.81. The first-order valence-corrected chi connectivity index (χ1v) is 6.43. The van der Waals surface area contributed by atoms with E-state index in [1.807, 2.05) is 12.3 Å². The summed E-state index contributed by atoms with van der Waals surface area (Å²) in [5.74, 6) is 0. The van der Waals surface area contributed by atoms with Crippen LogP contribution in [0, 0.1) is 0 Å². The summed E-state index contributed by atoms with van der Waals surface area (Å²) in [4.78, 5) is 14.3. The monoisotopic (exact) mass is 253 g/mol. The van der Waals surface area contributed by atoms with Gasteiger partial charge in [0, 0.05) is 32.4 Å². The van der Waals surface area contributed by atoms with Crippen molar-refractivity contribution in [3.8, 4) is 0 Å². The van der Waals surface area contributed by atoms with Crippen molar-refractivity contribution in [1.29, 1.82) is 0 Å². The Kier molecular flexibility index (Phi) is 4.36. The fourth-order valence-corrected chi connectivity index (χ4v) is 2.57. The molecule has 1 N–H and O–H groups in total. The lowest BCUT2D eigenvalue weighted by molar-refractivity contribution is 0.164. The first-order chi connectivity index (χ1) is 8.76. The molecule has 2 rings (SSSR count). The van der Waals surface area contributed by atoms with Gasteiger partial charge in [0.1, 0.15) is 12.4 Å².